The summed E-state index contributed by atoms with van der Waals surface area (Å²) in [4.78, 5) is 2.00. The molecule has 0 aliphatic heterocycles. The van der Waals surface area contributed by atoms with E-state index in [0.717, 1.165) is 0 Å². The maximum atomic E-state index is 12.9. The number of hydrogen-bond donors (Lipinski definition) is 1. The maximum Gasteiger partial charge on any atom is 0.130 e. The van der Waals surface area contributed by atoms with Crippen LogP contribution in [-0.4, -0.2) is 26.0 Å². The molecule has 0 unspecified atom stereocenters. The summed E-state index contributed by atoms with van der Waals surface area (Å²) in [6, 6.07) is 5.23. The SMILES string of the molecule is CN(C)C.Cc1cccc(CN)c1F. The van der Waals surface area contributed by atoms with E-state index in [1.165, 1.54) is 0 Å². The molecule has 0 saturated heterocycles. The highest BCUT2D eigenvalue weighted by atomic mass is 19.1. The fourth-order valence-electron chi connectivity index (χ4n) is 0.866. The van der Waals surface area contributed by atoms with Crippen LogP contribution in [0, 0.1) is 12.7 Å². The van der Waals surface area contributed by atoms with Crippen molar-refractivity contribution in [3.05, 3.63) is 35.1 Å². The summed E-state index contributed by atoms with van der Waals surface area (Å²) in [6.07, 6.45) is 0. The average molecular weight is 198 g/mol. The highest BCUT2D eigenvalue weighted by Crippen LogP contribution is 2.10. The number of aryl methyl sites for hydroxylation is 1. The van der Waals surface area contributed by atoms with E-state index < -0.39 is 0 Å². The van der Waals surface area contributed by atoms with E-state index in [1.807, 2.05) is 26.0 Å². The van der Waals surface area contributed by atoms with Gasteiger partial charge in [-0.2, -0.15) is 0 Å². The molecule has 0 aromatic heterocycles. The van der Waals surface area contributed by atoms with E-state index in [9.17, 15) is 4.39 Å². The molecule has 0 radical (unpaired) electrons. The molecule has 2 N–H and O–H groups in total. The van der Waals surface area contributed by atoms with Gasteiger partial charge in [-0.1, -0.05) is 18.2 Å². The smallest absolute Gasteiger partial charge is 0.130 e. The van der Waals surface area contributed by atoms with Crippen molar-refractivity contribution in [2.45, 2.75) is 13.5 Å². The average Bonchev–Trinajstić information content (AvgIpc) is 2.09. The Morgan fingerprint density at radius 2 is 1.79 bits per heavy atom. The third-order valence-corrected chi connectivity index (χ3v) is 1.49. The van der Waals surface area contributed by atoms with Crippen LogP contribution in [0.3, 0.4) is 0 Å². The Balaban J connectivity index is 0.000000364. The third-order valence-electron chi connectivity index (χ3n) is 1.49. The van der Waals surface area contributed by atoms with Gasteiger partial charge in [0.15, 0.2) is 0 Å². The van der Waals surface area contributed by atoms with Crippen LogP contribution < -0.4 is 5.73 Å². The van der Waals surface area contributed by atoms with Crippen molar-refractivity contribution in [2.75, 3.05) is 21.1 Å². The van der Waals surface area contributed by atoms with E-state index in [4.69, 9.17) is 5.73 Å². The summed E-state index contributed by atoms with van der Waals surface area (Å²) in [6.45, 7) is 2.00. The standard InChI is InChI=1S/C8H10FN.C3H9N/c1-6-3-2-4-7(5-10)8(6)9;1-4(2)3/h2-4H,5,10H2,1H3;1-3H3. The van der Waals surface area contributed by atoms with Gasteiger partial charge < -0.3 is 10.6 Å². The molecule has 0 fully saturated rings. The third kappa shape index (κ3) is 4.94. The molecule has 0 atom stereocenters. The van der Waals surface area contributed by atoms with Crippen molar-refractivity contribution in [3.8, 4) is 0 Å². The Morgan fingerprint density at radius 1 is 1.29 bits per heavy atom. The van der Waals surface area contributed by atoms with E-state index in [-0.39, 0.29) is 12.4 Å². The van der Waals surface area contributed by atoms with Gasteiger partial charge >= 0.3 is 0 Å². The molecule has 1 aromatic rings. The summed E-state index contributed by atoms with van der Waals surface area (Å²) in [7, 11) is 6.00. The molecule has 0 amide bonds. The summed E-state index contributed by atoms with van der Waals surface area (Å²) in [5.41, 5.74) is 6.52. The molecule has 0 aliphatic rings. The predicted octanol–water partition coefficient (Wildman–Crippen LogP) is 1.77. The minimum absolute atomic E-state index is 0.176. The van der Waals surface area contributed by atoms with E-state index in [1.54, 1.807) is 25.1 Å². The van der Waals surface area contributed by atoms with Gasteiger partial charge in [-0.25, -0.2) is 4.39 Å². The molecule has 0 aliphatic carbocycles. The highest BCUT2D eigenvalue weighted by Gasteiger charge is 2.00. The van der Waals surface area contributed by atoms with Crippen LogP contribution in [0.25, 0.3) is 0 Å². The molecule has 3 heteroatoms. The van der Waals surface area contributed by atoms with Crippen LogP contribution in [0.1, 0.15) is 11.1 Å². The summed E-state index contributed by atoms with van der Waals surface area (Å²) < 4.78 is 12.9. The van der Waals surface area contributed by atoms with Crippen LogP contribution in [-0.2, 0) is 6.54 Å². The number of rotatable bonds is 1. The van der Waals surface area contributed by atoms with E-state index >= 15 is 0 Å². The predicted molar refractivity (Wildman–Crippen MR) is 58.6 cm³/mol. The van der Waals surface area contributed by atoms with Crippen molar-refractivity contribution in [1.82, 2.24) is 4.90 Å². The number of nitrogens with two attached hydrogens (primary N) is 1. The van der Waals surface area contributed by atoms with Crippen LogP contribution in [0.5, 0.6) is 0 Å². The molecule has 80 valence electrons. The first-order chi connectivity index (χ1) is 6.49. The Kier molecular flexibility index (Phi) is 6.08. The van der Waals surface area contributed by atoms with Gasteiger partial charge in [0, 0.05) is 12.1 Å². The number of benzene rings is 1. The zero-order valence-corrected chi connectivity index (χ0v) is 9.34. The van der Waals surface area contributed by atoms with Crippen molar-refractivity contribution in [1.29, 1.82) is 0 Å². The Hall–Kier alpha value is -0.930. The minimum atomic E-state index is -0.176. The van der Waals surface area contributed by atoms with Crippen molar-refractivity contribution in [2.24, 2.45) is 5.73 Å². The first kappa shape index (κ1) is 13.1. The van der Waals surface area contributed by atoms with Crippen LogP contribution in [0.4, 0.5) is 4.39 Å². The first-order valence-electron chi connectivity index (χ1n) is 4.54. The second-order valence-corrected chi connectivity index (χ2v) is 3.59. The van der Waals surface area contributed by atoms with Gasteiger partial charge in [-0.3, -0.25) is 0 Å². The fraction of sp³-hybridized carbons (Fsp3) is 0.455. The van der Waals surface area contributed by atoms with E-state index in [0.29, 0.717) is 11.1 Å². The second-order valence-electron chi connectivity index (χ2n) is 3.59. The lowest BCUT2D eigenvalue weighted by Crippen LogP contribution is -2.00. The molecule has 14 heavy (non-hydrogen) atoms. The van der Waals surface area contributed by atoms with Crippen LogP contribution in [0.15, 0.2) is 18.2 Å². The minimum Gasteiger partial charge on any atom is -0.326 e. The van der Waals surface area contributed by atoms with Crippen molar-refractivity contribution < 1.29 is 4.39 Å². The van der Waals surface area contributed by atoms with Crippen LogP contribution >= 0.6 is 0 Å². The van der Waals surface area contributed by atoms with E-state index in [2.05, 4.69) is 0 Å². The molecule has 2 nitrogen and oxygen atoms in total. The Bertz CT molecular complexity index is 269. The first-order valence-corrected chi connectivity index (χ1v) is 4.54. The lowest BCUT2D eigenvalue weighted by molar-refractivity contribution is 0.505. The summed E-state index contributed by atoms with van der Waals surface area (Å²) >= 11 is 0. The topological polar surface area (TPSA) is 29.3 Å². The molecule has 0 saturated carbocycles. The molecule has 0 spiro atoms. The summed E-state index contributed by atoms with van der Waals surface area (Å²) in [5.74, 6) is -0.176. The largest absolute Gasteiger partial charge is 0.326 e. The Morgan fingerprint density at radius 3 is 2.14 bits per heavy atom. The van der Waals surface area contributed by atoms with Crippen molar-refractivity contribution >= 4 is 0 Å². The fourth-order valence-corrected chi connectivity index (χ4v) is 0.866. The monoisotopic (exact) mass is 198 g/mol. The van der Waals surface area contributed by atoms with Gasteiger partial charge in [0.2, 0.25) is 0 Å². The molecule has 1 aromatic carbocycles. The highest BCUT2D eigenvalue weighted by molar-refractivity contribution is 5.24. The van der Waals surface area contributed by atoms with Gasteiger partial charge in [-0.05, 0) is 33.6 Å². The molecular weight excluding hydrogens is 179 g/mol. The number of hydrogen-bond acceptors (Lipinski definition) is 2. The lowest BCUT2D eigenvalue weighted by Gasteiger charge is -2.00. The van der Waals surface area contributed by atoms with Gasteiger partial charge in [0.1, 0.15) is 5.82 Å². The quantitative estimate of drug-likeness (QED) is 0.745. The second kappa shape index (κ2) is 6.51. The number of nitrogens with zero attached hydrogens (tertiary/aromatic N) is 1. The zero-order chi connectivity index (χ0) is 11.1. The summed E-state index contributed by atoms with van der Waals surface area (Å²) in [5, 5.41) is 0. The van der Waals surface area contributed by atoms with Crippen molar-refractivity contribution in [3.63, 3.8) is 0 Å². The van der Waals surface area contributed by atoms with Gasteiger partial charge in [0.25, 0.3) is 0 Å². The number of halogens is 1. The molecule has 1 rings (SSSR count). The normalized spacial score (nSPS) is 9.64. The van der Waals surface area contributed by atoms with Crippen LogP contribution in [0.2, 0.25) is 0 Å². The maximum absolute atomic E-state index is 12.9. The molecule has 0 bridgehead atoms. The van der Waals surface area contributed by atoms with Gasteiger partial charge in [0.05, 0.1) is 0 Å². The zero-order valence-electron chi connectivity index (χ0n) is 9.34. The Labute approximate surface area is 85.5 Å². The molecule has 0 heterocycles. The lowest BCUT2D eigenvalue weighted by atomic mass is 10.1. The van der Waals surface area contributed by atoms with Gasteiger partial charge in [-0.15, -0.1) is 0 Å². The molecular formula is C11H19FN2.